The molecule has 0 bridgehead atoms. The molecule has 2 aromatic heterocycles. The summed E-state index contributed by atoms with van der Waals surface area (Å²) in [5.41, 5.74) is 3.21. The van der Waals surface area contributed by atoms with Gasteiger partial charge in [0.15, 0.2) is 5.82 Å². The van der Waals surface area contributed by atoms with Crippen molar-refractivity contribution in [2.75, 3.05) is 0 Å². The highest BCUT2D eigenvalue weighted by molar-refractivity contribution is 5.93. The molecule has 1 fully saturated rings. The number of hydrogen-bond donors (Lipinski definition) is 1. The molecule has 4 rings (SSSR count). The van der Waals surface area contributed by atoms with Crippen LogP contribution in [0.15, 0.2) is 30.3 Å². The third-order valence-electron chi connectivity index (χ3n) is 4.61. The number of fused-ring (bicyclic) bond motifs is 1. The predicted molar refractivity (Wildman–Crippen MR) is 93.8 cm³/mol. The molecule has 5 nitrogen and oxygen atoms in total. The Morgan fingerprint density at radius 2 is 2.04 bits per heavy atom. The number of aromatic nitrogens is 4. The highest BCUT2D eigenvalue weighted by atomic mass is 16.3. The van der Waals surface area contributed by atoms with Crippen LogP contribution in [0.25, 0.3) is 22.3 Å². The Hall–Kier alpha value is -2.27. The summed E-state index contributed by atoms with van der Waals surface area (Å²) in [6.07, 6.45) is 2.71. The Kier molecular flexibility index (Phi) is 3.81. The number of hydrogen-bond acceptors (Lipinski definition) is 4. The average Bonchev–Trinajstić information content (AvgIpc) is 3.38. The molecule has 0 amide bonds. The molecule has 0 aliphatic heterocycles. The largest absolute Gasteiger partial charge is 0.391 e. The number of aliphatic hydroxyl groups excluding tert-OH is 1. The van der Waals surface area contributed by atoms with Gasteiger partial charge in [-0.2, -0.15) is 5.10 Å². The molecule has 3 aromatic rings. The Balaban J connectivity index is 1.89. The van der Waals surface area contributed by atoms with Gasteiger partial charge >= 0.3 is 0 Å². The van der Waals surface area contributed by atoms with E-state index in [1.165, 1.54) is 12.8 Å². The quantitative estimate of drug-likeness (QED) is 0.781. The molecular formula is C19H22N4O. The lowest BCUT2D eigenvalue weighted by Crippen LogP contribution is -2.17. The molecule has 1 N–H and O–H groups in total. The number of para-hydroxylation sites is 1. The van der Waals surface area contributed by atoms with Gasteiger partial charge in [-0.05, 0) is 38.3 Å². The van der Waals surface area contributed by atoms with Crippen molar-refractivity contribution >= 4 is 10.9 Å². The summed E-state index contributed by atoms with van der Waals surface area (Å²) in [5.74, 6) is 2.12. The van der Waals surface area contributed by atoms with Gasteiger partial charge in [-0.15, -0.1) is 0 Å². The number of pyridine rings is 1. The van der Waals surface area contributed by atoms with Crippen LogP contribution < -0.4 is 0 Å². The van der Waals surface area contributed by atoms with Crippen molar-refractivity contribution in [1.29, 1.82) is 0 Å². The second-order valence-electron chi connectivity index (χ2n) is 6.61. The first-order valence-electron chi connectivity index (χ1n) is 8.65. The van der Waals surface area contributed by atoms with Crippen LogP contribution in [0, 0.1) is 6.92 Å². The minimum atomic E-state index is -0.416. The first kappa shape index (κ1) is 15.3. The van der Waals surface area contributed by atoms with Crippen LogP contribution in [0.2, 0.25) is 0 Å². The van der Waals surface area contributed by atoms with E-state index in [-0.39, 0.29) is 0 Å². The Labute approximate surface area is 141 Å². The molecule has 0 radical (unpaired) electrons. The minimum Gasteiger partial charge on any atom is -0.391 e. The summed E-state index contributed by atoms with van der Waals surface area (Å²) in [6, 6.07) is 10.3. The molecular weight excluding hydrogens is 300 g/mol. The van der Waals surface area contributed by atoms with E-state index in [0.29, 0.717) is 18.9 Å². The number of nitrogens with zero attached hydrogens (tertiary/aromatic N) is 4. The third kappa shape index (κ3) is 2.80. The molecule has 24 heavy (non-hydrogen) atoms. The zero-order chi connectivity index (χ0) is 16.7. The van der Waals surface area contributed by atoms with Crippen LogP contribution >= 0.6 is 0 Å². The van der Waals surface area contributed by atoms with Gasteiger partial charge in [0.1, 0.15) is 5.82 Å². The average molecular weight is 322 g/mol. The van der Waals surface area contributed by atoms with E-state index >= 15 is 0 Å². The number of aliphatic hydroxyl groups is 1. The SMILES string of the molecule is CC[C@@H](O)Cn1nc(C)nc1-c1cc(C2CC2)nc2ccccc12. The number of aryl methyl sites for hydroxylation is 1. The van der Waals surface area contributed by atoms with E-state index in [1.54, 1.807) is 0 Å². The summed E-state index contributed by atoms with van der Waals surface area (Å²) in [7, 11) is 0. The van der Waals surface area contributed by atoms with Crippen molar-refractivity contribution in [2.45, 2.75) is 51.7 Å². The van der Waals surface area contributed by atoms with Crippen molar-refractivity contribution in [3.8, 4) is 11.4 Å². The topological polar surface area (TPSA) is 63.8 Å². The van der Waals surface area contributed by atoms with Gasteiger partial charge in [0.05, 0.1) is 18.2 Å². The molecule has 1 aromatic carbocycles. The van der Waals surface area contributed by atoms with Gasteiger partial charge in [-0.25, -0.2) is 9.67 Å². The normalized spacial score (nSPS) is 15.8. The second-order valence-corrected chi connectivity index (χ2v) is 6.61. The van der Waals surface area contributed by atoms with Crippen molar-refractivity contribution in [2.24, 2.45) is 0 Å². The molecule has 2 heterocycles. The minimum absolute atomic E-state index is 0.416. The maximum atomic E-state index is 10.1. The van der Waals surface area contributed by atoms with Crippen LogP contribution in [0.3, 0.4) is 0 Å². The summed E-state index contributed by atoms with van der Waals surface area (Å²) in [4.78, 5) is 9.48. The summed E-state index contributed by atoms with van der Waals surface area (Å²) >= 11 is 0. The molecule has 0 spiro atoms. The van der Waals surface area contributed by atoms with Crippen LogP contribution in [0.4, 0.5) is 0 Å². The van der Waals surface area contributed by atoms with Gasteiger partial charge in [-0.3, -0.25) is 4.98 Å². The van der Waals surface area contributed by atoms with Crippen molar-refractivity contribution in [1.82, 2.24) is 19.7 Å². The summed E-state index contributed by atoms with van der Waals surface area (Å²) in [5, 5.41) is 15.6. The van der Waals surface area contributed by atoms with E-state index in [2.05, 4.69) is 28.3 Å². The lowest BCUT2D eigenvalue weighted by molar-refractivity contribution is 0.145. The van der Waals surface area contributed by atoms with Crippen molar-refractivity contribution in [3.05, 3.63) is 41.9 Å². The van der Waals surface area contributed by atoms with Gasteiger partial charge in [0, 0.05) is 22.6 Å². The summed E-state index contributed by atoms with van der Waals surface area (Å²) < 4.78 is 1.84. The van der Waals surface area contributed by atoms with Gasteiger partial charge in [0.2, 0.25) is 0 Å². The van der Waals surface area contributed by atoms with Crippen molar-refractivity contribution < 1.29 is 5.11 Å². The first-order chi connectivity index (χ1) is 11.7. The number of rotatable bonds is 5. The highest BCUT2D eigenvalue weighted by Crippen LogP contribution is 2.41. The third-order valence-corrected chi connectivity index (χ3v) is 4.61. The lowest BCUT2D eigenvalue weighted by atomic mass is 10.1. The van der Waals surface area contributed by atoms with Crippen molar-refractivity contribution in [3.63, 3.8) is 0 Å². The van der Waals surface area contributed by atoms with E-state index in [4.69, 9.17) is 4.98 Å². The molecule has 0 saturated heterocycles. The fourth-order valence-electron chi connectivity index (χ4n) is 3.08. The molecule has 124 valence electrons. The predicted octanol–water partition coefficient (Wildman–Crippen LogP) is 3.45. The van der Waals surface area contributed by atoms with Gasteiger partial charge in [0.25, 0.3) is 0 Å². The highest BCUT2D eigenvalue weighted by Gasteiger charge is 2.27. The van der Waals surface area contributed by atoms with Crippen LogP contribution in [-0.4, -0.2) is 31.0 Å². The van der Waals surface area contributed by atoms with E-state index in [1.807, 2.05) is 30.7 Å². The van der Waals surface area contributed by atoms with E-state index in [9.17, 15) is 5.11 Å². The Morgan fingerprint density at radius 3 is 2.79 bits per heavy atom. The van der Waals surface area contributed by atoms with E-state index in [0.717, 1.165) is 33.8 Å². The van der Waals surface area contributed by atoms with Crippen LogP contribution in [0.5, 0.6) is 0 Å². The fraction of sp³-hybridized carbons (Fsp3) is 0.421. The van der Waals surface area contributed by atoms with Crippen LogP contribution in [0.1, 0.15) is 43.6 Å². The lowest BCUT2D eigenvalue weighted by Gasteiger charge is -2.12. The monoisotopic (exact) mass is 322 g/mol. The number of benzene rings is 1. The molecule has 1 saturated carbocycles. The molecule has 1 atom stereocenters. The van der Waals surface area contributed by atoms with E-state index < -0.39 is 6.10 Å². The first-order valence-corrected chi connectivity index (χ1v) is 8.65. The zero-order valence-electron chi connectivity index (χ0n) is 14.1. The maximum absolute atomic E-state index is 10.1. The smallest absolute Gasteiger partial charge is 0.159 e. The Bertz CT molecular complexity index is 882. The second kappa shape index (κ2) is 5.98. The molecule has 1 aliphatic carbocycles. The maximum Gasteiger partial charge on any atom is 0.159 e. The van der Waals surface area contributed by atoms with Gasteiger partial charge < -0.3 is 5.11 Å². The molecule has 5 heteroatoms. The fourth-order valence-corrected chi connectivity index (χ4v) is 3.08. The van der Waals surface area contributed by atoms with Gasteiger partial charge in [-0.1, -0.05) is 25.1 Å². The Morgan fingerprint density at radius 1 is 1.25 bits per heavy atom. The van der Waals surface area contributed by atoms with Crippen LogP contribution in [-0.2, 0) is 6.54 Å². The summed E-state index contributed by atoms with van der Waals surface area (Å²) in [6.45, 7) is 4.33. The zero-order valence-corrected chi connectivity index (χ0v) is 14.1. The standard InChI is InChI=1S/C19H22N4O/c1-3-14(24)11-23-19(20-12(2)22-23)16-10-18(13-8-9-13)21-17-7-5-4-6-15(16)17/h4-7,10,13-14,24H,3,8-9,11H2,1-2H3/t14-/m1/s1. The molecule has 1 aliphatic rings. The molecule has 0 unspecified atom stereocenters.